The van der Waals surface area contributed by atoms with Crippen molar-refractivity contribution in [3.05, 3.63) is 35.4 Å². The van der Waals surface area contributed by atoms with Crippen molar-refractivity contribution in [1.29, 1.82) is 0 Å². The molecule has 17 heavy (non-hydrogen) atoms. The molecule has 1 aliphatic rings. The number of fused-ring (bicyclic) bond motifs is 1. The van der Waals surface area contributed by atoms with Crippen LogP contribution in [0.25, 0.3) is 0 Å². The van der Waals surface area contributed by atoms with Crippen LogP contribution in [0.3, 0.4) is 0 Å². The summed E-state index contributed by atoms with van der Waals surface area (Å²) in [7, 11) is 0. The summed E-state index contributed by atoms with van der Waals surface area (Å²) in [4.78, 5) is 14.0. The molecule has 0 spiro atoms. The molecule has 0 N–H and O–H groups in total. The van der Waals surface area contributed by atoms with E-state index in [9.17, 15) is 4.79 Å². The molecule has 0 unspecified atom stereocenters. The Hall–Kier alpha value is -1.15. The molecule has 1 heterocycles. The Balaban J connectivity index is 1.97. The van der Waals surface area contributed by atoms with Gasteiger partial charge in [-0.25, -0.2) is 0 Å². The number of hydrogen-bond acceptors (Lipinski definition) is 2. The van der Waals surface area contributed by atoms with Crippen molar-refractivity contribution in [2.45, 2.75) is 26.7 Å². The van der Waals surface area contributed by atoms with E-state index in [-0.39, 0.29) is 5.92 Å². The number of rotatable bonds is 3. The van der Waals surface area contributed by atoms with Gasteiger partial charge in [0, 0.05) is 19.0 Å². The third-order valence-electron chi connectivity index (χ3n) is 3.54. The van der Waals surface area contributed by atoms with Crippen LogP contribution >= 0.6 is 0 Å². The Bertz CT molecular complexity index is 371. The first kappa shape index (κ1) is 12.3. The van der Waals surface area contributed by atoms with Gasteiger partial charge in [-0.2, -0.15) is 0 Å². The smallest absolute Gasteiger partial charge is 0.149 e. The predicted octanol–water partition coefficient (Wildman–Crippen LogP) is 2.31. The van der Waals surface area contributed by atoms with Gasteiger partial charge in [0.1, 0.15) is 5.78 Å². The topological polar surface area (TPSA) is 20.3 Å². The van der Waals surface area contributed by atoms with Gasteiger partial charge in [-0.1, -0.05) is 38.1 Å². The van der Waals surface area contributed by atoms with Gasteiger partial charge >= 0.3 is 0 Å². The van der Waals surface area contributed by atoms with Gasteiger partial charge in [0.05, 0.1) is 6.54 Å². The first-order valence-electron chi connectivity index (χ1n) is 6.48. The van der Waals surface area contributed by atoms with Crippen molar-refractivity contribution in [2.75, 3.05) is 19.6 Å². The van der Waals surface area contributed by atoms with Gasteiger partial charge < -0.3 is 0 Å². The fourth-order valence-corrected chi connectivity index (χ4v) is 2.28. The van der Waals surface area contributed by atoms with Gasteiger partial charge in [0.15, 0.2) is 0 Å². The second-order valence-electron chi connectivity index (χ2n) is 5.17. The Morgan fingerprint density at radius 1 is 1.18 bits per heavy atom. The molecule has 0 saturated heterocycles. The van der Waals surface area contributed by atoms with Crippen LogP contribution in [0.2, 0.25) is 0 Å². The number of carbonyl (C=O) groups excluding carboxylic acids is 1. The van der Waals surface area contributed by atoms with E-state index in [1.54, 1.807) is 0 Å². The Kier molecular flexibility index (Phi) is 3.95. The second-order valence-corrected chi connectivity index (χ2v) is 5.17. The molecule has 0 fully saturated rings. The summed E-state index contributed by atoms with van der Waals surface area (Å²) in [6.45, 7) is 6.60. The number of carbonyl (C=O) groups is 1. The summed E-state index contributed by atoms with van der Waals surface area (Å²) in [6.07, 6.45) is 2.14. The molecule has 1 aromatic rings. The summed E-state index contributed by atoms with van der Waals surface area (Å²) in [6, 6.07) is 8.63. The molecule has 1 aliphatic heterocycles. The molecule has 0 atom stereocenters. The highest BCUT2D eigenvalue weighted by Gasteiger charge is 2.17. The molecule has 92 valence electrons. The van der Waals surface area contributed by atoms with E-state index in [1.165, 1.54) is 11.1 Å². The molecule has 0 bridgehead atoms. The fourth-order valence-electron chi connectivity index (χ4n) is 2.28. The highest BCUT2D eigenvalue weighted by Crippen LogP contribution is 2.15. The van der Waals surface area contributed by atoms with Gasteiger partial charge in [0.25, 0.3) is 0 Å². The summed E-state index contributed by atoms with van der Waals surface area (Å²) >= 11 is 0. The maximum Gasteiger partial charge on any atom is 0.149 e. The normalized spacial score (nSPS) is 16.6. The quantitative estimate of drug-likeness (QED) is 0.795. The van der Waals surface area contributed by atoms with Crippen molar-refractivity contribution < 1.29 is 4.79 Å². The number of nitrogens with zero attached hydrogens (tertiary/aromatic N) is 1. The summed E-state index contributed by atoms with van der Waals surface area (Å²) in [5, 5.41) is 0. The summed E-state index contributed by atoms with van der Waals surface area (Å²) in [5.74, 6) is 0.511. The number of benzene rings is 1. The van der Waals surface area contributed by atoms with Gasteiger partial charge in [-0.15, -0.1) is 0 Å². The molecule has 2 heteroatoms. The standard InChI is InChI=1S/C15H21NO/c1-12(2)15(17)11-16-9-7-13-5-3-4-6-14(13)8-10-16/h3-6,12H,7-11H2,1-2H3. The van der Waals surface area contributed by atoms with Crippen LogP contribution in [0.5, 0.6) is 0 Å². The monoisotopic (exact) mass is 231 g/mol. The molecule has 0 aromatic heterocycles. The number of Topliss-reactive ketones (excluding diaryl/α,β-unsaturated/α-hetero) is 1. The highest BCUT2D eigenvalue weighted by atomic mass is 16.1. The molecular weight excluding hydrogens is 210 g/mol. The average Bonchev–Trinajstić information content (AvgIpc) is 2.52. The van der Waals surface area contributed by atoms with E-state index in [2.05, 4.69) is 29.2 Å². The number of hydrogen-bond donors (Lipinski definition) is 0. The van der Waals surface area contributed by atoms with E-state index >= 15 is 0 Å². The SMILES string of the molecule is CC(C)C(=O)CN1CCc2ccccc2CC1. The lowest BCUT2D eigenvalue weighted by Crippen LogP contribution is -2.33. The van der Waals surface area contributed by atoms with Crippen LogP contribution in [0.15, 0.2) is 24.3 Å². The van der Waals surface area contributed by atoms with Gasteiger partial charge in [-0.3, -0.25) is 9.69 Å². The Labute approximate surface area is 104 Å². The van der Waals surface area contributed by atoms with Crippen molar-refractivity contribution in [3.63, 3.8) is 0 Å². The zero-order valence-corrected chi connectivity index (χ0v) is 10.8. The van der Waals surface area contributed by atoms with Crippen molar-refractivity contribution >= 4 is 5.78 Å². The minimum atomic E-state index is 0.153. The number of ketones is 1. The first-order chi connectivity index (χ1) is 8.16. The third-order valence-corrected chi connectivity index (χ3v) is 3.54. The zero-order valence-electron chi connectivity index (χ0n) is 10.8. The third kappa shape index (κ3) is 3.16. The van der Waals surface area contributed by atoms with E-state index < -0.39 is 0 Å². The van der Waals surface area contributed by atoms with Gasteiger partial charge in [0.2, 0.25) is 0 Å². The zero-order chi connectivity index (χ0) is 12.3. The molecule has 1 aromatic carbocycles. The maximum atomic E-state index is 11.8. The van der Waals surface area contributed by atoms with Gasteiger partial charge in [-0.05, 0) is 24.0 Å². The maximum absolute atomic E-state index is 11.8. The predicted molar refractivity (Wildman–Crippen MR) is 70.1 cm³/mol. The largest absolute Gasteiger partial charge is 0.298 e. The molecule has 2 nitrogen and oxygen atoms in total. The first-order valence-corrected chi connectivity index (χ1v) is 6.48. The van der Waals surface area contributed by atoms with E-state index in [1.807, 2.05) is 13.8 Å². The van der Waals surface area contributed by atoms with Crippen molar-refractivity contribution in [2.24, 2.45) is 5.92 Å². The van der Waals surface area contributed by atoms with Crippen LogP contribution < -0.4 is 0 Å². The van der Waals surface area contributed by atoms with E-state index in [0.717, 1.165) is 25.9 Å². The lowest BCUT2D eigenvalue weighted by molar-refractivity contribution is -0.123. The van der Waals surface area contributed by atoms with E-state index in [4.69, 9.17) is 0 Å². The van der Waals surface area contributed by atoms with Crippen LogP contribution in [0.4, 0.5) is 0 Å². The lowest BCUT2D eigenvalue weighted by Gasteiger charge is -2.19. The molecule has 0 saturated carbocycles. The van der Waals surface area contributed by atoms with Crippen molar-refractivity contribution in [1.82, 2.24) is 4.90 Å². The molecule has 0 amide bonds. The highest BCUT2D eigenvalue weighted by molar-refractivity contribution is 5.82. The van der Waals surface area contributed by atoms with E-state index in [0.29, 0.717) is 12.3 Å². The van der Waals surface area contributed by atoms with Crippen LogP contribution in [-0.2, 0) is 17.6 Å². The minimum Gasteiger partial charge on any atom is -0.298 e. The lowest BCUT2D eigenvalue weighted by atomic mass is 10.0. The fraction of sp³-hybridized carbons (Fsp3) is 0.533. The Morgan fingerprint density at radius 3 is 2.18 bits per heavy atom. The van der Waals surface area contributed by atoms with Crippen molar-refractivity contribution in [3.8, 4) is 0 Å². The summed E-state index contributed by atoms with van der Waals surface area (Å²) in [5.41, 5.74) is 2.90. The average molecular weight is 231 g/mol. The minimum absolute atomic E-state index is 0.153. The molecule has 0 aliphatic carbocycles. The molecule has 2 rings (SSSR count). The molecular formula is C15H21NO. The Morgan fingerprint density at radius 2 is 1.71 bits per heavy atom. The van der Waals surface area contributed by atoms with Crippen LogP contribution in [-0.4, -0.2) is 30.3 Å². The second kappa shape index (κ2) is 5.46. The van der Waals surface area contributed by atoms with Crippen LogP contribution in [0, 0.1) is 5.92 Å². The van der Waals surface area contributed by atoms with Crippen LogP contribution in [0.1, 0.15) is 25.0 Å². The summed E-state index contributed by atoms with van der Waals surface area (Å²) < 4.78 is 0. The molecule has 0 radical (unpaired) electrons.